The lowest BCUT2D eigenvalue weighted by Gasteiger charge is -2.15. The lowest BCUT2D eigenvalue weighted by molar-refractivity contribution is 0.112. The summed E-state index contributed by atoms with van der Waals surface area (Å²) < 4.78 is 12.1. The van der Waals surface area contributed by atoms with Crippen LogP contribution in [-0.4, -0.2) is 19.5 Å². The molecule has 0 N–H and O–H groups in total. The second-order valence-electron chi connectivity index (χ2n) is 11.7. The van der Waals surface area contributed by atoms with Gasteiger partial charge in [0.15, 0.2) is 0 Å². The van der Waals surface area contributed by atoms with Crippen molar-refractivity contribution in [1.82, 2.24) is 0 Å². The highest BCUT2D eigenvalue weighted by Crippen LogP contribution is 2.19. The molecule has 0 aliphatic heterocycles. The fourth-order valence-electron chi connectivity index (χ4n) is 5.03. The number of hydrogen-bond acceptors (Lipinski definition) is 3. The van der Waals surface area contributed by atoms with E-state index in [4.69, 9.17) is 9.47 Å². The molecular formula is C41H50O3. The minimum atomic E-state index is 0.558. The quantitative estimate of drug-likeness (QED) is 0.0891. The van der Waals surface area contributed by atoms with E-state index in [0.717, 1.165) is 66.1 Å². The van der Waals surface area contributed by atoms with Gasteiger partial charge in [0.1, 0.15) is 17.8 Å². The van der Waals surface area contributed by atoms with Gasteiger partial charge in [-0.25, -0.2) is 0 Å². The molecule has 0 saturated carbocycles. The number of rotatable bonds is 17. The first kappa shape index (κ1) is 34.5. The highest BCUT2D eigenvalue weighted by Gasteiger charge is 2.08. The second kappa shape index (κ2) is 20.1. The first-order valence-corrected chi connectivity index (χ1v) is 16.7. The Morgan fingerprint density at radius 2 is 0.977 bits per heavy atom. The Morgan fingerprint density at radius 3 is 1.34 bits per heavy atom. The Hall–Kier alpha value is -3.95. The van der Waals surface area contributed by atoms with Gasteiger partial charge in [-0.1, -0.05) is 103 Å². The van der Waals surface area contributed by atoms with Crippen LogP contribution in [0.5, 0.6) is 11.5 Å². The molecule has 3 rings (SSSR count). The normalized spacial score (nSPS) is 11.8. The van der Waals surface area contributed by atoms with Gasteiger partial charge in [0, 0.05) is 27.8 Å². The summed E-state index contributed by atoms with van der Waals surface area (Å²) in [5.74, 6) is 15.8. The van der Waals surface area contributed by atoms with Gasteiger partial charge in [-0.2, -0.15) is 0 Å². The lowest BCUT2D eigenvalue weighted by atomic mass is 10.00. The first-order chi connectivity index (χ1) is 21.6. The Labute approximate surface area is 266 Å². The molecule has 0 aliphatic carbocycles. The molecule has 0 aromatic heterocycles. The maximum Gasteiger partial charge on any atom is 0.150 e. The van der Waals surface area contributed by atoms with E-state index in [1.54, 1.807) is 12.1 Å². The van der Waals surface area contributed by atoms with Gasteiger partial charge >= 0.3 is 0 Å². The van der Waals surface area contributed by atoms with E-state index in [1.165, 1.54) is 51.4 Å². The van der Waals surface area contributed by atoms with Gasteiger partial charge in [0.25, 0.3) is 0 Å². The molecule has 0 radical (unpaired) electrons. The summed E-state index contributed by atoms with van der Waals surface area (Å²) >= 11 is 0. The summed E-state index contributed by atoms with van der Waals surface area (Å²) in [7, 11) is 0. The average molecular weight is 591 g/mol. The van der Waals surface area contributed by atoms with Crippen LogP contribution < -0.4 is 9.47 Å². The van der Waals surface area contributed by atoms with Gasteiger partial charge in [-0.05, 0) is 91.4 Å². The SMILES string of the molecule is CCCCCC(CC)COc1ccc(C#Cc2cc(C#Cc3ccc(OCC(CC)CCCCC)cc3)cc(C=O)c2)cc1. The number of benzene rings is 3. The van der Waals surface area contributed by atoms with Gasteiger partial charge in [-0.15, -0.1) is 0 Å². The van der Waals surface area contributed by atoms with Crippen LogP contribution in [0.2, 0.25) is 0 Å². The third-order valence-electron chi connectivity index (χ3n) is 8.06. The summed E-state index contributed by atoms with van der Waals surface area (Å²) in [6.45, 7) is 10.5. The minimum Gasteiger partial charge on any atom is -0.493 e. The van der Waals surface area contributed by atoms with E-state index < -0.39 is 0 Å². The zero-order valence-corrected chi connectivity index (χ0v) is 27.3. The molecule has 2 unspecified atom stereocenters. The minimum absolute atomic E-state index is 0.558. The van der Waals surface area contributed by atoms with Gasteiger partial charge in [0.2, 0.25) is 0 Å². The highest BCUT2D eigenvalue weighted by atomic mass is 16.5. The van der Waals surface area contributed by atoms with Crippen molar-refractivity contribution in [1.29, 1.82) is 0 Å². The molecule has 3 heteroatoms. The van der Waals surface area contributed by atoms with Crippen molar-refractivity contribution >= 4 is 6.29 Å². The molecule has 232 valence electrons. The number of ether oxygens (including phenoxy) is 2. The predicted molar refractivity (Wildman–Crippen MR) is 184 cm³/mol. The number of unbranched alkanes of at least 4 members (excludes halogenated alkanes) is 4. The van der Waals surface area contributed by atoms with Crippen molar-refractivity contribution in [3.8, 4) is 35.2 Å². The standard InChI is InChI=1S/C41H50O3/c1-5-9-11-13-33(7-3)31-43-40-23-19-35(20-24-40)15-17-37-27-38(29-39(28-37)30-42)18-16-36-21-25-41(26-22-36)44-32-34(8-4)14-12-10-6-2/h19-30,33-34H,5-14,31-32H2,1-4H3. The van der Waals surface area contributed by atoms with Crippen LogP contribution >= 0.6 is 0 Å². The number of aldehydes is 1. The Bertz CT molecular complexity index is 1280. The van der Waals surface area contributed by atoms with E-state index in [9.17, 15) is 4.79 Å². The van der Waals surface area contributed by atoms with Crippen molar-refractivity contribution in [2.24, 2.45) is 11.8 Å². The molecular weight excluding hydrogens is 540 g/mol. The largest absolute Gasteiger partial charge is 0.493 e. The van der Waals surface area contributed by atoms with Gasteiger partial charge in [0.05, 0.1) is 13.2 Å². The van der Waals surface area contributed by atoms with E-state index in [2.05, 4.69) is 51.4 Å². The molecule has 0 aliphatic rings. The molecule has 0 bridgehead atoms. The zero-order valence-electron chi connectivity index (χ0n) is 27.3. The summed E-state index contributed by atoms with van der Waals surface area (Å²) in [5, 5.41) is 0. The predicted octanol–water partition coefficient (Wildman–Crippen LogP) is 10.3. The van der Waals surface area contributed by atoms with E-state index in [0.29, 0.717) is 17.4 Å². The average Bonchev–Trinajstić information content (AvgIpc) is 3.06. The van der Waals surface area contributed by atoms with Crippen LogP contribution in [0.3, 0.4) is 0 Å². The number of carbonyl (C=O) groups is 1. The smallest absolute Gasteiger partial charge is 0.150 e. The van der Waals surface area contributed by atoms with Crippen LogP contribution in [0, 0.1) is 35.5 Å². The van der Waals surface area contributed by atoms with Gasteiger partial charge in [-0.3, -0.25) is 4.79 Å². The monoisotopic (exact) mass is 590 g/mol. The third kappa shape index (κ3) is 12.7. The zero-order chi connectivity index (χ0) is 31.4. The van der Waals surface area contributed by atoms with E-state index >= 15 is 0 Å². The summed E-state index contributed by atoms with van der Waals surface area (Å²) in [6, 6.07) is 21.4. The first-order valence-electron chi connectivity index (χ1n) is 16.7. The van der Waals surface area contributed by atoms with Crippen LogP contribution in [-0.2, 0) is 0 Å². The summed E-state index contributed by atoms with van der Waals surface area (Å²) in [4.78, 5) is 11.6. The molecule has 0 spiro atoms. The van der Waals surface area contributed by atoms with E-state index in [1.807, 2.05) is 54.6 Å². The maximum atomic E-state index is 11.6. The number of hydrogen-bond donors (Lipinski definition) is 0. The molecule has 0 heterocycles. The Morgan fingerprint density at radius 1 is 0.568 bits per heavy atom. The highest BCUT2D eigenvalue weighted by molar-refractivity contribution is 5.77. The maximum absolute atomic E-state index is 11.6. The lowest BCUT2D eigenvalue weighted by Crippen LogP contribution is -2.11. The van der Waals surface area contributed by atoms with Crippen molar-refractivity contribution in [2.45, 2.75) is 91.9 Å². The fourth-order valence-corrected chi connectivity index (χ4v) is 5.03. The van der Waals surface area contributed by atoms with Gasteiger partial charge < -0.3 is 9.47 Å². The third-order valence-corrected chi connectivity index (χ3v) is 8.06. The van der Waals surface area contributed by atoms with Crippen molar-refractivity contribution in [3.63, 3.8) is 0 Å². The van der Waals surface area contributed by atoms with Crippen LogP contribution in [0.25, 0.3) is 0 Å². The molecule has 0 saturated heterocycles. The Kier molecular flexibility index (Phi) is 15.8. The van der Waals surface area contributed by atoms with E-state index in [-0.39, 0.29) is 0 Å². The molecule has 2 atom stereocenters. The van der Waals surface area contributed by atoms with Crippen LogP contribution in [0.15, 0.2) is 66.7 Å². The molecule has 3 nitrogen and oxygen atoms in total. The molecule has 3 aromatic rings. The van der Waals surface area contributed by atoms with Crippen LogP contribution in [0.1, 0.15) is 125 Å². The molecule has 3 aromatic carbocycles. The topological polar surface area (TPSA) is 35.5 Å². The molecule has 0 amide bonds. The summed E-state index contributed by atoms with van der Waals surface area (Å²) in [5.41, 5.74) is 3.85. The van der Waals surface area contributed by atoms with Crippen LogP contribution in [0.4, 0.5) is 0 Å². The van der Waals surface area contributed by atoms with Crippen molar-refractivity contribution in [2.75, 3.05) is 13.2 Å². The summed E-state index contributed by atoms with van der Waals surface area (Å²) in [6.07, 6.45) is 13.2. The van der Waals surface area contributed by atoms with Crippen molar-refractivity contribution in [3.05, 3.63) is 94.5 Å². The molecule has 44 heavy (non-hydrogen) atoms. The number of carbonyl (C=O) groups excluding carboxylic acids is 1. The Balaban J connectivity index is 1.60. The molecule has 0 fully saturated rings. The fraction of sp³-hybridized carbons (Fsp3) is 0.439. The second-order valence-corrected chi connectivity index (χ2v) is 11.7. The van der Waals surface area contributed by atoms with Crippen molar-refractivity contribution < 1.29 is 14.3 Å².